The summed E-state index contributed by atoms with van der Waals surface area (Å²) in [5.41, 5.74) is 1.82. The van der Waals surface area contributed by atoms with Gasteiger partial charge in [-0.05, 0) is 50.7 Å². The highest BCUT2D eigenvalue weighted by molar-refractivity contribution is 5.94. The van der Waals surface area contributed by atoms with E-state index >= 15 is 0 Å². The first-order valence-electron chi connectivity index (χ1n) is 9.67. The number of nitrogens with zero attached hydrogens (tertiary/aromatic N) is 2. The van der Waals surface area contributed by atoms with E-state index in [1.807, 2.05) is 41.0 Å². The second-order valence-corrected chi connectivity index (χ2v) is 7.34. The Bertz CT molecular complexity index is 671. The molecule has 0 radical (unpaired) electrons. The van der Waals surface area contributed by atoms with E-state index in [-0.39, 0.29) is 11.9 Å². The van der Waals surface area contributed by atoms with Gasteiger partial charge in [-0.3, -0.25) is 4.79 Å². The molecular weight excluding hydrogens is 326 g/mol. The van der Waals surface area contributed by atoms with Crippen LogP contribution in [0.4, 0.5) is 4.79 Å². The Balaban J connectivity index is 1.50. The van der Waals surface area contributed by atoms with Crippen LogP contribution in [0.2, 0.25) is 0 Å². The molecule has 3 amide bonds. The molecule has 1 heterocycles. The third-order valence-electron chi connectivity index (χ3n) is 5.25. The van der Waals surface area contributed by atoms with E-state index in [9.17, 15) is 9.59 Å². The van der Waals surface area contributed by atoms with Crippen molar-refractivity contribution < 1.29 is 9.59 Å². The highest BCUT2D eigenvalue weighted by atomic mass is 16.2. The summed E-state index contributed by atoms with van der Waals surface area (Å²) in [6.45, 7) is 5.32. The van der Waals surface area contributed by atoms with Gasteiger partial charge in [0.25, 0.3) is 5.91 Å². The number of nitrogens with one attached hydrogen (secondary N) is 1. The quantitative estimate of drug-likeness (QED) is 0.847. The fourth-order valence-corrected chi connectivity index (χ4v) is 3.67. The van der Waals surface area contributed by atoms with E-state index in [4.69, 9.17) is 0 Å². The minimum atomic E-state index is 0.00408. The molecule has 1 aliphatic carbocycles. The zero-order valence-electron chi connectivity index (χ0n) is 15.6. The molecule has 2 aliphatic rings. The van der Waals surface area contributed by atoms with Crippen molar-refractivity contribution in [3.05, 3.63) is 47.5 Å². The van der Waals surface area contributed by atoms with Crippen LogP contribution in [-0.4, -0.2) is 54.5 Å². The summed E-state index contributed by atoms with van der Waals surface area (Å²) in [4.78, 5) is 28.9. The minimum Gasteiger partial charge on any atom is -0.338 e. The van der Waals surface area contributed by atoms with Gasteiger partial charge in [0.05, 0.1) is 0 Å². The Morgan fingerprint density at radius 2 is 1.92 bits per heavy atom. The Morgan fingerprint density at radius 1 is 1.12 bits per heavy atom. The van der Waals surface area contributed by atoms with Gasteiger partial charge >= 0.3 is 6.03 Å². The molecular formula is C21H29N3O2. The maximum Gasteiger partial charge on any atom is 0.317 e. The van der Waals surface area contributed by atoms with E-state index in [2.05, 4.69) is 17.5 Å². The van der Waals surface area contributed by atoms with Crippen LogP contribution >= 0.6 is 0 Å². The van der Waals surface area contributed by atoms with Crippen molar-refractivity contribution in [1.29, 1.82) is 0 Å². The predicted octanol–water partition coefficient (Wildman–Crippen LogP) is 3.21. The number of hydrogen-bond donors (Lipinski definition) is 1. The standard InChI is InChI=1S/C21H29N3O2/c1-17-7-5-10-19(15-17)20(25)23-11-6-12-24(14-13-23)21(26)22-16-18-8-3-2-4-9-18/h2-3,5,7,10,15,18H,4,6,8-9,11-14,16H2,1H3,(H,22,26). The Labute approximate surface area is 156 Å². The molecule has 26 heavy (non-hydrogen) atoms. The second kappa shape index (κ2) is 8.88. The lowest BCUT2D eigenvalue weighted by molar-refractivity contribution is 0.0762. The lowest BCUT2D eigenvalue weighted by Gasteiger charge is -2.24. The molecule has 3 rings (SSSR count). The third-order valence-corrected chi connectivity index (χ3v) is 5.25. The number of rotatable bonds is 3. The molecule has 1 unspecified atom stereocenters. The Morgan fingerprint density at radius 3 is 2.69 bits per heavy atom. The van der Waals surface area contributed by atoms with Crippen molar-refractivity contribution in [2.24, 2.45) is 5.92 Å². The normalized spacial score (nSPS) is 20.6. The van der Waals surface area contributed by atoms with Crippen LogP contribution in [0, 0.1) is 12.8 Å². The summed E-state index contributed by atoms with van der Waals surface area (Å²) < 4.78 is 0. The summed E-state index contributed by atoms with van der Waals surface area (Å²) in [5.74, 6) is 0.611. The van der Waals surface area contributed by atoms with Gasteiger partial charge in [-0.25, -0.2) is 4.79 Å². The van der Waals surface area contributed by atoms with Crippen LogP contribution in [-0.2, 0) is 0 Å². The smallest absolute Gasteiger partial charge is 0.317 e. The van der Waals surface area contributed by atoms with Crippen LogP contribution in [0.15, 0.2) is 36.4 Å². The first kappa shape index (κ1) is 18.5. The number of carbonyl (C=O) groups excluding carboxylic acids is 2. The third kappa shape index (κ3) is 4.87. The van der Waals surface area contributed by atoms with Gasteiger partial charge in [-0.2, -0.15) is 0 Å². The highest BCUT2D eigenvalue weighted by Gasteiger charge is 2.23. The molecule has 0 aromatic heterocycles. The van der Waals surface area contributed by atoms with Gasteiger partial charge in [-0.1, -0.05) is 29.8 Å². The van der Waals surface area contributed by atoms with Crippen LogP contribution in [0.3, 0.4) is 0 Å². The molecule has 0 spiro atoms. The van der Waals surface area contributed by atoms with E-state index in [0.717, 1.165) is 43.4 Å². The minimum absolute atomic E-state index is 0.00408. The lowest BCUT2D eigenvalue weighted by Crippen LogP contribution is -2.44. The van der Waals surface area contributed by atoms with Gasteiger partial charge in [0.2, 0.25) is 0 Å². The number of urea groups is 1. The molecule has 1 N–H and O–H groups in total. The van der Waals surface area contributed by atoms with Crippen LogP contribution in [0.25, 0.3) is 0 Å². The monoisotopic (exact) mass is 355 g/mol. The van der Waals surface area contributed by atoms with Gasteiger partial charge in [0.15, 0.2) is 0 Å². The number of aryl methyl sites for hydroxylation is 1. The molecule has 5 nitrogen and oxygen atoms in total. The summed E-state index contributed by atoms with van der Waals surface area (Å²) in [5, 5.41) is 3.08. The average Bonchev–Trinajstić information content (AvgIpc) is 2.92. The largest absolute Gasteiger partial charge is 0.338 e. The van der Waals surface area contributed by atoms with Crippen LogP contribution < -0.4 is 5.32 Å². The van der Waals surface area contributed by atoms with E-state index < -0.39 is 0 Å². The highest BCUT2D eigenvalue weighted by Crippen LogP contribution is 2.17. The van der Waals surface area contributed by atoms with Gasteiger partial charge in [0, 0.05) is 38.3 Å². The molecule has 1 saturated heterocycles. The maximum atomic E-state index is 12.7. The van der Waals surface area contributed by atoms with E-state index in [0.29, 0.717) is 32.1 Å². The molecule has 0 saturated carbocycles. The number of benzene rings is 1. The van der Waals surface area contributed by atoms with Crippen molar-refractivity contribution in [1.82, 2.24) is 15.1 Å². The second-order valence-electron chi connectivity index (χ2n) is 7.34. The number of amides is 3. The molecule has 5 heteroatoms. The maximum absolute atomic E-state index is 12.7. The van der Waals surface area contributed by atoms with Crippen molar-refractivity contribution in [2.45, 2.75) is 32.6 Å². The summed E-state index contributed by atoms with van der Waals surface area (Å²) in [6, 6.07) is 7.71. The Hall–Kier alpha value is -2.30. The van der Waals surface area contributed by atoms with E-state index in [1.54, 1.807) is 0 Å². The van der Waals surface area contributed by atoms with Crippen molar-refractivity contribution in [3.8, 4) is 0 Å². The first-order valence-corrected chi connectivity index (χ1v) is 9.67. The molecule has 1 fully saturated rings. The molecule has 0 bridgehead atoms. The fraction of sp³-hybridized carbons (Fsp3) is 0.524. The lowest BCUT2D eigenvalue weighted by atomic mass is 9.94. The van der Waals surface area contributed by atoms with Gasteiger partial charge in [0.1, 0.15) is 0 Å². The number of carbonyl (C=O) groups is 2. The summed E-state index contributed by atoms with van der Waals surface area (Å²) in [7, 11) is 0. The zero-order chi connectivity index (χ0) is 18.4. The number of hydrogen-bond acceptors (Lipinski definition) is 2. The van der Waals surface area contributed by atoms with Gasteiger partial charge < -0.3 is 15.1 Å². The SMILES string of the molecule is Cc1cccc(C(=O)N2CCCN(C(=O)NCC3CC=CCC3)CC2)c1. The molecule has 1 aromatic carbocycles. The van der Waals surface area contributed by atoms with Crippen molar-refractivity contribution in [3.63, 3.8) is 0 Å². The fourth-order valence-electron chi connectivity index (χ4n) is 3.67. The van der Waals surface area contributed by atoms with E-state index in [1.165, 1.54) is 0 Å². The first-order chi connectivity index (χ1) is 12.6. The van der Waals surface area contributed by atoms with Crippen molar-refractivity contribution in [2.75, 3.05) is 32.7 Å². The summed E-state index contributed by atoms with van der Waals surface area (Å²) >= 11 is 0. The van der Waals surface area contributed by atoms with Gasteiger partial charge in [-0.15, -0.1) is 0 Å². The molecule has 1 atom stereocenters. The molecule has 1 aromatic rings. The predicted molar refractivity (Wildman–Crippen MR) is 103 cm³/mol. The van der Waals surface area contributed by atoms with Crippen molar-refractivity contribution >= 4 is 11.9 Å². The molecule has 1 aliphatic heterocycles. The summed E-state index contributed by atoms with van der Waals surface area (Å²) in [6.07, 6.45) is 8.56. The number of allylic oxidation sites excluding steroid dienone is 2. The molecule has 140 valence electrons. The Kier molecular flexibility index (Phi) is 6.31. The topological polar surface area (TPSA) is 52.7 Å². The van der Waals surface area contributed by atoms with Crippen LogP contribution in [0.1, 0.15) is 41.6 Å². The zero-order valence-corrected chi connectivity index (χ0v) is 15.6. The average molecular weight is 355 g/mol. The van der Waals surface area contributed by atoms with Crippen LogP contribution in [0.5, 0.6) is 0 Å².